The number of hydrogen-bond donors (Lipinski definition) is 1. The molecule has 2 N–H and O–H groups in total. The van der Waals surface area contributed by atoms with Crippen LogP contribution in [0.25, 0.3) is 32.9 Å². The molecule has 1 aromatic heterocycles. The van der Waals surface area contributed by atoms with Crippen LogP contribution in [-0.2, 0) is 0 Å². The Morgan fingerprint density at radius 3 is 1.94 bits per heavy atom. The van der Waals surface area contributed by atoms with E-state index in [9.17, 15) is 0 Å². The molecule has 3 nitrogen and oxygen atoms in total. The van der Waals surface area contributed by atoms with Crippen LogP contribution in [0.1, 0.15) is 17.2 Å². The second kappa shape index (κ2) is 9.05. The van der Waals surface area contributed by atoms with Gasteiger partial charge in [-0.2, -0.15) is 0 Å². The Morgan fingerprint density at radius 2 is 1.20 bits per heavy atom. The number of hydrogen-bond acceptors (Lipinski definition) is 2. The number of aromatic nitrogens is 1. The molecule has 6 aromatic rings. The van der Waals surface area contributed by atoms with E-state index in [1.54, 1.807) is 0 Å². The first kappa shape index (κ1) is 21.1. The summed E-state index contributed by atoms with van der Waals surface area (Å²) in [6.45, 7) is 0. The van der Waals surface area contributed by atoms with Crippen molar-refractivity contribution in [2.75, 3.05) is 0 Å². The zero-order valence-corrected chi connectivity index (χ0v) is 19.3. The highest BCUT2D eigenvalue weighted by atomic mass is 15.0. The van der Waals surface area contributed by atoms with Crippen molar-refractivity contribution in [1.29, 1.82) is 0 Å². The molecule has 0 aliphatic rings. The average molecular weight is 452 g/mol. The van der Waals surface area contributed by atoms with Gasteiger partial charge in [0.15, 0.2) is 0 Å². The number of benzene rings is 5. The van der Waals surface area contributed by atoms with Crippen LogP contribution < -0.4 is 5.73 Å². The second-order valence-corrected chi connectivity index (χ2v) is 8.68. The summed E-state index contributed by atoms with van der Waals surface area (Å²) in [7, 11) is 0. The first-order valence-corrected chi connectivity index (χ1v) is 11.8. The highest BCUT2D eigenvalue weighted by Crippen LogP contribution is 2.32. The van der Waals surface area contributed by atoms with E-state index in [1.807, 2.05) is 30.6 Å². The van der Waals surface area contributed by atoms with Crippen LogP contribution in [0.3, 0.4) is 0 Å². The van der Waals surface area contributed by atoms with E-state index < -0.39 is 0 Å². The third kappa shape index (κ3) is 3.92. The first-order valence-electron chi connectivity index (χ1n) is 11.8. The molecule has 168 valence electrons. The highest BCUT2D eigenvalue weighted by Gasteiger charge is 2.14. The number of nitrogens with zero attached hydrogens (tertiary/aromatic N) is 2. The van der Waals surface area contributed by atoms with Gasteiger partial charge >= 0.3 is 0 Å². The van der Waals surface area contributed by atoms with Crippen molar-refractivity contribution < 1.29 is 0 Å². The van der Waals surface area contributed by atoms with E-state index >= 15 is 0 Å². The lowest BCUT2D eigenvalue weighted by Crippen LogP contribution is -2.12. The van der Waals surface area contributed by atoms with Crippen molar-refractivity contribution in [3.8, 4) is 11.1 Å². The maximum Gasteiger partial charge on any atom is 0.100 e. The molecule has 1 unspecified atom stereocenters. The van der Waals surface area contributed by atoms with E-state index in [-0.39, 0.29) is 6.04 Å². The van der Waals surface area contributed by atoms with Gasteiger partial charge in [-0.15, -0.1) is 0 Å². The van der Waals surface area contributed by atoms with Gasteiger partial charge in [0.05, 0.1) is 22.8 Å². The van der Waals surface area contributed by atoms with Crippen LogP contribution in [0.5, 0.6) is 0 Å². The Bertz CT molecular complexity index is 1610. The van der Waals surface area contributed by atoms with Crippen LogP contribution in [-0.4, -0.2) is 10.9 Å². The summed E-state index contributed by atoms with van der Waals surface area (Å²) in [5.74, 6) is 0. The summed E-state index contributed by atoms with van der Waals surface area (Å²) in [6, 6.07) is 43.5. The van der Waals surface area contributed by atoms with Crippen molar-refractivity contribution in [3.63, 3.8) is 0 Å². The normalized spacial score (nSPS) is 12.5. The fraction of sp³-hybridized carbons (Fsp3) is 0.0312. The Morgan fingerprint density at radius 1 is 0.600 bits per heavy atom. The minimum Gasteiger partial charge on any atom is -0.320 e. The zero-order valence-electron chi connectivity index (χ0n) is 19.3. The first-order chi connectivity index (χ1) is 17.3. The SMILES string of the molecule is NC(c1cccc(-c2ccccc2)c1)c1ccccc1/N=C/n1c2ccccc2c2ccccc21. The Kier molecular flexibility index (Phi) is 5.45. The number of fused-ring (bicyclic) bond motifs is 3. The van der Waals surface area contributed by atoms with E-state index in [1.165, 1.54) is 16.3 Å². The van der Waals surface area contributed by atoms with Crippen LogP contribution in [0, 0.1) is 0 Å². The molecule has 0 aliphatic heterocycles. The summed E-state index contributed by atoms with van der Waals surface area (Å²) < 4.78 is 2.16. The predicted octanol–water partition coefficient (Wildman–Crippen LogP) is 7.72. The van der Waals surface area contributed by atoms with Gasteiger partial charge in [-0.05, 0) is 46.5 Å². The van der Waals surface area contributed by atoms with E-state index in [0.29, 0.717) is 0 Å². The topological polar surface area (TPSA) is 43.3 Å². The van der Waals surface area contributed by atoms with Gasteiger partial charge in [0.1, 0.15) is 6.34 Å². The molecule has 0 fully saturated rings. The average Bonchev–Trinajstić information content (AvgIpc) is 3.26. The Labute approximate surface area is 204 Å². The molecule has 6 rings (SSSR count). The zero-order chi connectivity index (χ0) is 23.6. The van der Waals surface area contributed by atoms with Gasteiger partial charge in [-0.1, -0.05) is 103 Å². The molecule has 0 aliphatic carbocycles. The maximum absolute atomic E-state index is 6.81. The van der Waals surface area contributed by atoms with Crippen molar-refractivity contribution in [1.82, 2.24) is 4.57 Å². The maximum atomic E-state index is 6.81. The lowest BCUT2D eigenvalue weighted by molar-refractivity contribution is 0.872. The monoisotopic (exact) mass is 451 g/mol. The summed E-state index contributed by atoms with van der Waals surface area (Å²) in [4.78, 5) is 4.93. The smallest absolute Gasteiger partial charge is 0.100 e. The molecule has 1 heterocycles. The summed E-state index contributed by atoms with van der Waals surface area (Å²) in [5.41, 5.74) is 14.3. The highest BCUT2D eigenvalue weighted by molar-refractivity contribution is 6.11. The predicted molar refractivity (Wildman–Crippen MR) is 147 cm³/mol. The fourth-order valence-corrected chi connectivity index (χ4v) is 4.79. The van der Waals surface area contributed by atoms with Crippen LogP contribution in [0.4, 0.5) is 5.69 Å². The van der Waals surface area contributed by atoms with Gasteiger partial charge in [-0.25, -0.2) is 4.99 Å². The van der Waals surface area contributed by atoms with Crippen molar-refractivity contribution in [2.45, 2.75) is 6.04 Å². The van der Waals surface area contributed by atoms with E-state index in [4.69, 9.17) is 10.7 Å². The quantitative estimate of drug-likeness (QED) is 0.212. The van der Waals surface area contributed by atoms with Crippen molar-refractivity contribution in [3.05, 3.63) is 139 Å². The van der Waals surface area contributed by atoms with E-state index in [0.717, 1.165) is 33.4 Å². The van der Waals surface area contributed by atoms with Crippen LogP contribution >= 0.6 is 0 Å². The van der Waals surface area contributed by atoms with Crippen LogP contribution in [0.15, 0.2) is 132 Å². The fourth-order valence-electron chi connectivity index (χ4n) is 4.79. The molecule has 35 heavy (non-hydrogen) atoms. The molecule has 3 heteroatoms. The largest absolute Gasteiger partial charge is 0.320 e. The molecular weight excluding hydrogens is 426 g/mol. The third-order valence-electron chi connectivity index (χ3n) is 6.55. The van der Waals surface area contributed by atoms with Crippen LogP contribution in [0.2, 0.25) is 0 Å². The molecule has 0 amide bonds. The van der Waals surface area contributed by atoms with Gasteiger partial charge in [0, 0.05) is 10.8 Å². The number of rotatable bonds is 5. The van der Waals surface area contributed by atoms with Gasteiger partial charge in [-0.3, -0.25) is 4.57 Å². The van der Waals surface area contributed by atoms with Gasteiger partial charge in [0.25, 0.3) is 0 Å². The molecule has 0 spiro atoms. The minimum atomic E-state index is -0.287. The lowest BCUT2D eigenvalue weighted by Gasteiger charge is -2.16. The third-order valence-corrected chi connectivity index (χ3v) is 6.55. The molecule has 0 saturated heterocycles. The molecule has 5 aromatic carbocycles. The van der Waals surface area contributed by atoms with Crippen molar-refractivity contribution >= 4 is 33.8 Å². The Hall–Kier alpha value is -4.47. The Balaban J connectivity index is 1.40. The summed E-state index contributed by atoms with van der Waals surface area (Å²) in [5, 5.41) is 2.44. The van der Waals surface area contributed by atoms with Gasteiger partial charge in [0.2, 0.25) is 0 Å². The number of para-hydroxylation sites is 3. The molecular formula is C32H25N3. The minimum absolute atomic E-state index is 0.287. The standard InChI is InChI=1S/C32H25N3/c33-32(25-14-10-13-24(21-25)23-11-2-1-3-12-23)28-17-4-7-18-29(28)34-22-35-30-19-8-5-15-26(30)27-16-6-9-20-31(27)35/h1-22,32H,33H2/b34-22+. The summed E-state index contributed by atoms with van der Waals surface area (Å²) in [6.07, 6.45) is 1.91. The molecule has 0 bridgehead atoms. The second-order valence-electron chi connectivity index (χ2n) is 8.68. The lowest BCUT2D eigenvalue weighted by atomic mass is 9.95. The molecule has 1 atom stereocenters. The molecule has 0 radical (unpaired) electrons. The van der Waals surface area contributed by atoms with E-state index in [2.05, 4.69) is 108 Å². The van der Waals surface area contributed by atoms with Gasteiger partial charge < -0.3 is 5.73 Å². The number of nitrogens with two attached hydrogens (primary N) is 1. The van der Waals surface area contributed by atoms with Crippen molar-refractivity contribution in [2.24, 2.45) is 10.7 Å². The summed E-state index contributed by atoms with van der Waals surface area (Å²) >= 11 is 0. The molecule has 0 saturated carbocycles. The number of aliphatic imine (C=N–C) groups is 1.